The first kappa shape index (κ1) is 12.1. The Morgan fingerprint density at radius 2 is 1.93 bits per heavy atom. The average Bonchev–Trinajstić information content (AvgIpc) is 2.18. The number of hydrogen-bond donors (Lipinski definition) is 1. The summed E-state index contributed by atoms with van der Waals surface area (Å²) in [5, 5.41) is 3.19. The van der Waals surface area contributed by atoms with E-state index in [0.717, 1.165) is 24.6 Å². The van der Waals surface area contributed by atoms with Crippen LogP contribution >= 0.6 is 0 Å². The molecular weight excluding hydrogens is 196 g/mol. The Kier molecular flexibility index (Phi) is 4.69. The first-order valence-corrected chi connectivity index (χ1v) is 5.24. The van der Waals surface area contributed by atoms with Crippen molar-refractivity contribution in [2.24, 2.45) is 5.92 Å². The Balaban J connectivity index is 2.35. The molecule has 84 valence electrons. The van der Waals surface area contributed by atoms with Crippen molar-refractivity contribution in [2.75, 3.05) is 6.54 Å². The maximum atomic E-state index is 12.8. The van der Waals surface area contributed by atoms with Crippen molar-refractivity contribution in [3.8, 4) is 0 Å². The standard InChI is InChI=1S/C12H17F2N/c1-9(2)5-6-15-8-10-3-4-11(13)12(14)7-10/h3-4,7,9,15H,5-6,8H2,1-2H3. The van der Waals surface area contributed by atoms with E-state index in [1.807, 2.05) is 0 Å². The van der Waals surface area contributed by atoms with Crippen LogP contribution in [0.25, 0.3) is 0 Å². The molecule has 0 saturated carbocycles. The predicted octanol–water partition coefficient (Wildman–Crippen LogP) is 3.10. The molecule has 0 radical (unpaired) electrons. The van der Waals surface area contributed by atoms with Gasteiger partial charge in [0.05, 0.1) is 0 Å². The zero-order valence-corrected chi connectivity index (χ0v) is 9.19. The molecule has 0 amide bonds. The average molecular weight is 213 g/mol. The minimum Gasteiger partial charge on any atom is -0.313 e. The molecule has 1 N–H and O–H groups in total. The topological polar surface area (TPSA) is 12.0 Å². The van der Waals surface area contributed by atoms with Gasteiger partial charge in [-0.3, -0.25) is 0 Å². The summed E-state index contributed by atoms with van der Waals surface area (Å²) in [6.07, 6.45) is 1.09. The van der Waals surface area contributed by atoms with Crippen molar-refractivity contribution in [3.63, 3.8) is 0 Å². The Labute approximate surface area is 89.5 Å². The number of nitrogens with one attached hydrogen (secondary N) is 1. The molecule has 0 aromatic heterocycles. The van der Waals surface area contributed by atoms with Crippen LogP contribution in [0.15, 0.2) is 18.2 Å². The summed E-state index contributed by atoms with van der Waals surface area (Å²) < 4.78 is 25.4. The van der Waals surface area contributed by atoms with E-state index in [4.69, 9.17) is 0 Å². The number of rotatable bonds is 5. The Morgan fingerprint density at radius 1 is 1.20 bits per heavy atom. The zero-order valence-electron chi connectivity index (χ0n) is 9.19. The van der Waals surface area contributed by atoms with E-state index in [2.05, 4.69) is 19.2 Å². The van der Waals surface area contributed by atoms with Crippen molar-refractivity contribution < 1.29 is 8.78 Å². The number of hydrogen-bond acceptors (Lipinski definition) is 1. The monoisotopic (exact) mass is 213 g/mol. The summed E-state index contributed by atoms with van der Waals surface area (Å²) in [6, 6.07) is 3.99. The molecule has 3 heteroatoms. The normalized spacial score (nSPS) is 11.0. The molecule has 0 heterocycles. The minimum absolute atomic E-state index is 0.587. The van der Waals surface area contributed by atoms with E-state index in [9.17, 15) is 8.78 Å². The zero-order chi connectivity index (χ0) is 11.3. The second kappa shape index (κ2) is 5.81. The summed E-state index contributed by atoms with van der Waals surface area (Å²) in [7, 11) is 0. The molecule has 0 spiro atoms. The maximum absolute atomic E-state index is 12.8. The quantitative estimate of drug-likeness (QED) is 0.741. The van der Waals surface area contributed by atoms with E-state index in [-0.39, 0.29) is 0 Å². The first-order chi connectivity index (χ1) is 7.09. The third-order valence-electron chi connectivity index (χ3n) is 2.21. The van der Waals surface area contributed by atoms with Crippen molar-refractivity contribution >= 4 is 0 Å². The lowest BCUT2D eigenvalue weighted by atomic mass is 10.1. The molecule has 0 bridgehead atoms. The fraction of sp³-hybridized carbons (Fsp3) is 0.500. The van der Waals surface area contributed by atoms with Gasteiger partial charge in [-0.15, -0.1) is 0 Å². The van der Waals surface area contributed by atoms with E-state index >= 15 is 0 Å². The molecule has 0 unspecified atom stereocenters. The highest BCUT2D eigenvalue weighted by molar-refractivity contribution is 5.17. The molecule has 1 aromatic carbocycles. The molecule has 0 atom stereocenters. The SMILES string of the molecule is CC(C)CCNCc1ccc(F)c(F)c1. The summed E-state index contributed by atoms with van der Waals surface area (Å²) in [5.74, 6) is -0.915. The van der Waals surface area contributed by atoms with E-state index < -0.39 is 11.6 Å². The molecule has 0 aliphatic rings. The van der Waals surface area contributed by atoms with Crippen LogP contribution in [0.5, 0.6) is 0 Å². The first-order valence-electron chi connectivity index (χ1n) is 5.24. The van der Waals surface area contributed by atoms with Crippen LogP contribution < -0.4 is 5.32 Å². The minimum atomic E-state index is -0.791. The van der Waals surface area contributed by atoms with Crippen LogP contribution in [-0.4, -0.2) is 6.54 Å². The highest BCUT2D eigenvalue weighted by Crippen LogP contribution is 2.08. The Bertz CT molecular complexity index is 310. The van der Waals surface area contributed by atoms with Gasteiger partial charge in [-0.05, 0) is 36.6 Å². The van der Waals surface area contributed by atoms with Gasteiger partial charge in [0.1, 0.15) is 0 Å². The summed E-state index contributed by atoms with van der Waals surface area (Å²) in [4.78, 5) is 0. The van der Waals surface area contributed by atoms with Crippen molar-refractivity contribution in [2.45, 2.75) is 26.8 Å². The predicted molar refractivity (Wildman–Crippen MR) is 57.5 cm³/mol. The summed E-state index contributed by atoms with van der Waals surface area (Å²) >= 11 is 0. The van der Waals surface area contributed by atoms with Gasteiger partial charge >= 0.3 is 0 Å². The molecule has 1 rings (SSSR count). The van der Waals surface area contributed by atoms with Gasteiger partial charge in [0, 0.05) is 6.54 Å². The molecule has 0 aliphatic heterocycles. The van der Waals surface area contributed by atoms with E-state index in [1.165, 1.54) is 6.07 Å². The lowest BCUT2D eigenvalue weighted by Gasteiger charge is -2.07. The van der Waals surface area contributed by atoms with Crippen molar-refractivity contribution in [3.05, 3.63) is 35.4 Å². The van der Waals surface area contributed by atoms with Crippen LogP contribution in [0, 0.1) is 17.6 Å². The van der Waals surface area contributed by atoms with Crippen molar-refractivity contribution in [1.29, 1.82) is 0 Å². The van der Waals surface area contributed by atoms with Gasteiger partial charge in [-0.25, -0.2) is 8.78 Å². The highest BCUT2D eigenvalue weighted by Gasteiger charge is 2.01. The van der Waals surface area contributed by atoms with Crippen LogP contribution in [0.2, 0.25) is 0 Å². The van der Waals surface area contributed by atoms with Gasteiger partial charge in [-0.2, -0.15) is 0 Å². The fourth-order valence-electron chi connectivity index (χ4n) is 1.27. The lowest BCUT2D eigenvalue weighted by molar-refractivity contribution is 0.503. The Morgan fingerprint density at radius 3 is 2.53 bits per heavy atom. The van der Waals surface area contributed by atoms with Crippen LogP contribution in [-0.2, 0) is 6.54 Å². The maximum Gasteiger partial charge on any atom is 0.159 e. The van der Waals surface area contributed by atoms with Crippen LogP contribution in [0.1, 0.15) is 25.8 Å². The molecule has 0 saturated heterocycles. The van der Waals surface area contributed by atoms with Gasteiger partial charge in [0.2, 0.25) is 0 Å². The third kappa shape index (κ3) is 4.38. The highest BCUT2D eigenvalue weighted by atomic mass is 19.2. The van der Waals surface area contributed by atoms with Gasteiger partial charge < -0.3 is 5.32 Å². The molecule has 1 nitrogen and oxygen atoms in total. The van der Waals surface area contributed by atoms with Gasteiger partial charge in [0.25, 0.3) is 0 Å². The second-order valence-electron chi connectivity index (χ2n) is 4.11. The molecule has 0 fully saturated rings. The summed E-state index contributed by atoms with van der Waals surface area (Å²) in [6.45, 7) is 5.79. The largest absolute Gasteiger partial charge is 0.313 e. The van der Waals surface area contributed by atoms with E-state index in [1.54, 1.807) is 6.07 Å². The smallest absolute Gasteiger partial charge is 0.159 e. The third-order valence-corrected chi connectivity index (χ3v) is 2.21. The van der Waals surface area contributed by atoms with Crippen LogP contribution in [0.4, 0.5) is 8.78 Å². The van der Waals surface area contributed by atoms with Crippen molar-refractivity contribution in [1.82, 2.24) is 5.32 Å². The molecule has 0 aliphatic carbocycles. The van der Waals surface area contributed by atoms with Crippen LogP contribution in [0.3, 0.4) is 0 Å². The summed E-state index contributed by atoms with van der Waals surface area (Å²) in [5.41, 5.74) is 0.776. The number of benzene rings is 1. The Hall–Kier alpha value is -0.960. The molecule has 15 heavy (non-hydrogen) atoms. The second-order valence-corrected chi connectivity index (χ2v) is 4.11. The van der Waals surface area contributed by atoms with E-state index in [0.29, 0.717) is 12.5 Å². The number of halogens is 2. The fourth-order valence-corrected chi connectivity index (χ4v) is 1.27. The van der Waals surface area contributed by atoms with Gasteiger partial charge in [0.15, 0.2) is 11.6 Å². The molecule has 1 aromatic rings. The van der Waals surface area contributed by atoms with Gasteiger partial charge in [-0.1, -0.05) is 19.9 Å². The lowest BCUT2D eigenvalue weighted by Crippen LogP contribution is -2.16. The molecular formula is C12H17F2N.